The molecule has 122 valence electrons. The van der Waals surface area contributed by atoms with Crippen LogP contribution in [0, 0.1) is 18.6 Å². The van der Waals surface area contributed by atoms with Gasteiger partial charge in [0.05, 0.1) is 26.3 Å². The first-order valence-electron chi connectivity index (χ1n) is 6.91. The Morgan fingerprint density at radius 3 is 2.39 bits per heavy atom. The van der Waals surface area contributed by atoms with Crippen molar-refractivity contribution in [2.75, 3.05) is 19.5 Å². The molecule has 0 saturated heterocycles. The molecule has 2 rings (SSSR count). The van der Waals surface area contributed by atoms with Crippen LogP contribution >= 0.6 is 0 Å². The lowest BCUT2D eigenvalue weighted by molar-refractivity contribution is -0.115. The SMILES string of the molecule is COc1cc(C)c(CC(=O)Nc2cc(F)ccc2F)cc1OC. The number of hydrogen-bond acceptors (Lipinski definition) is 3. The number of benzene rings is 2. The normalized spacial score (nSPS) is 10.3. The highest BCUT2D eigenvalue weighted by Gasteiger charge is 2.13. The summed E-state index contributed by atoms with van der Waals surface area (Å²) in [5, 5.41) is 2.37. The van der Waals surface area contributed by atoms with Gasteiger partial charge in [0.2, 0.25) is 5.91 Å². The Labute approximate surface area is 133 Å². The van der Waals surface area contributed by atoms with Crippen molar-refractivity contribution in [3.05, 3.63) is 53.1 Å². The molecule has 0 saturated carbocycles. The molecule has 6 heteroatoms. The Hall–Kier alpha value is -2.63. The molecule has 0 bridgehead atoms. The molecule has 23 heavy (non-hydrogen) atoms. The Morgan fingerprint density at radius 1 is 1.09 bits per heavy atom. The van der Waals surface area contributed by atoms with Crippen molar-refractivity contribution in [1.29, 1.82) is 0 Å². The fourth-order valence-electron chi connectivity index (χ4n) is 2.17. The van der Waals surface area contributed by atoms with E-state index in [1.165, 1.54) is 14.2 Å². The number of anilines is 1. The second-order valence-corrected chi connectivity index (χ2v) is 4.98. The third kappa shape index (κ3) is 3.97. The first-order valence-corrected chi connectivity index (χ1v) is 6.91. The molecular weight excluding hydrogens is 304 g/mol. The molecule has 0 unspecified atom stereocenters. The second-order valence-electron chi connectivity index (χ2n) is 4.98. The first kappa shape index (κ1) is 16.7. The van der Waals surface area contributed by atoms with Gasteiger partial charge in [-0.25, -0.2) is 8.78 Å². The highest BCUT2D eigenvalue weighted by atomic mass is 19.1. The highest BCUT2D eigenvalue weighted by molar-refractivity contribution is 5.92. The van der Waals surface area contributed by atoms with Crippen molar-refractivity contribution in [2.45, 2.75) is 13.3 Å². The summed E-state index contributed by atoms with van der Waals surface area (Å²) in [6.07, 6.45) is 0.00212. The van der Waals surface area contributed by atoms with Gasteiger partial charge in [0.25, 0.3) is 0 Å². The maximum absolute atomic E-state index is 13.5. The Bertz CT molecular complexity index is 732. The maximum atomic E-state index is 13.5. The van der Waals surface area contributed by atoms with E-state index in [0.29, 0.717) is 17.1 Å². The Kier molecular flexibility index (Phi) is 5.16. The van der Waals surface area contributed by atoms with Crippen molar-refractivity contribution in [2.24, 2.45) is 0 Å². The minimum atomic E-state index is -0.691. The number of nitrogens with one attached hydrogen (secondary N) is 1. The number of halogens is 2. The summed E-state index contributed by atoms with van der Waals surface area (Å²) in [6, 6.07) is 6.34. The van der Waals surface area contributed by atoms with E-state index in [2.05, 4.69) is 5.32 Å². The van der Waals surface area contributed by atoms with Crippen LogP contribution in [0.15, 0.2) is 30.3 Å². The van der Waals surface area contributed by atoms with Gasteiger partial charge >= 0.3 is 0 Å². The standard InChI is InChI=1S/C17H17F2NO3/c1-10-6-15(22-2)16(23-3)7-11(10)8-17(21)20-14-9-12(18)4-5-13(14)19/h4-7,9H,8H2,1-3H3,(H,20,21). The molecule has 0 aliphatic carbocycles. The van der Waals surface area contributed by atoms with Gasteiger partial charge in [-0.05, 0) is 42.3 Å². The molecule has 4 nitrogen and oxygen atoms in total. The summed E-state index contributed by atoms with van der Waals surface area (Å²) in [4.78, 5) is 12.1. The van der Waals surface area contributed by atoms with E-state index in [-0.39, 0.29) is 12.1 Å². The molecule has 1 N–H and O–H groups in total. The molecule has 1 amide bonds. The summed E-state index contributed by atoms with van der Waals surface area (Å²) >= 11 is 0. The topological polar surface area (TPSA) is 47.6 Å². The van der Waals surface area contributed by atoms with Crippen molar-refractivity contribution < 1.29 is 23.0 Å². The first-order chi connectivity index (χ1) is 10.9. The second kappa shape index (κ2) is 7.09. The monoisotopic (exact) mass is 321 g/mol. The third-order valence-corrected chi connectivity index (χ3v) is 3.40. The molecule has 0 radical (unpaired) electrons. The number of rotatable bonds is 5. The maximum Gasteiger partial charge on any atom is 0.228 e. The van der Waals surface area contributed by atoms with Gasteiger partial charge in [-0.3, -0.25) is 4.79 Å². The number of amides is 1. The van der Waals surface area contributed by atoms with Gasteiger partial charge in [0.1, 0.15) is 11.6 Å². The van der Waals surface area contributed by atoms with Crippen LogP contribution in [0.4, 0.5) is 14.5 Å². The minimum Gasteiger partial charge on any atom is -0.493 e. The molecular formula is C17H17F2NO3. The van der Waals surface area contributed by atoms with Crippen molar-refractivity contribution in [3.63, 3.8) is 0 Å². The summed E-state index contributed by atoms with van der Waals surface area (Å²) in [5.41, 5.74) is 1.35. The van der Waals surface area contributed by atoms with Crippen LogP contribution in [0.25, 0.3) is 0 Å². The van der Waals surface area contributed by atoms with Crippen LogP contribution in [0.1, 0.15) is 11.1 Å². The molecule has 0 spiro atoms. The molecule has 2 aromatic rings. The van der Waals surface area contributed by atoms with E-state index in [1.807, 2.05) is 6.92 Å². The van der Waals surface area contributed by atoms with E-state index < -0.39 is 17.5 Å². The van der Waals surface area contributed by atoms with E-state index >= 15 is 0 Å². The van der Waals surface area contributed by atoms with Crippen LogP contribution < -0.4 is 14.8 Å². The van der Waals surface area contributed by atoms with Crippen LogP contribution in [-0.2, 0) is 11.2 Å². The molecule has 0 fully saturated rings. The van der Waals surface area contributed by atoms with Gasteiger partial charge < -0.3 is 14.8 Å². The molecule has 2 aromatic carbocycles. The summed E-state index contributed by atoms with van der Waals surface area (Å²) in [6.45, 7) is 1.83. The average molecular weight is 321 g/mol. The van der Waals surface area contributed by atoms with E-state index in [9.17, 15) is 13.6 Å². The lowest BCUT2D eigenvalue weighted by Gasteiger charge is -2.13. The Balaban J connectivity index is 2.18. The van der Waals surface area contributed by atoms with Gasteiger partial charge in [-0.2, -0.15) is 0 Å². The van der Waals surface area contributed by atoms with Crippen molar-refractivity contribution in [3.8, 4) is 11.5 Å². The zero-order valence-corrected chi connectivity index (χ0v) is 13.1. The number of carbonyl (C=O) groups is 1. The summed E-state index contributed by atoms with van der Waals surface area (Å²) in [7, 11) is 3.02. The molecule has 0 heterocycles. The van der Waals surface area contributed by atoms with Gasteiger partial charge in [0, 0.05) is 6.07 Å². The fourth-order valence-corrected chi connectivity index (χ4v) is 2.17. The van der Waals surface area contributed by atoms with Crippen LogP contribution in [0.3, 0.4) is 0 Å². The lowest BCUT2D eigenvalue weighted by atomic mass is 10.0. The van der Waals surface area contributed by atoms with Gasteiger partial charge in [-0.1, -0.05) is 0 Å². The fraction of sp³-hybridized carbons (Fsp3) is 0.235. The van der Waals surface area contributed by atoms with Crippen LogP contribution in [0.5, 0.6) is 11.5 Å². The Morgan fingerprint density at radius 2 is 1.74 bits per heavy atom. The molecule has 0 atom stereocenters. The quantitative estimate of drug-likeness (QED) is 0.917. The number of methoxy groups -OCH3 is 2. The predicted molar refractivity (Wildman–Crippen MR) is 83.0 cm³/mol. The largest absolute Gasteiger partial charge is 0.493 e. The molecule has 0 aromatic heterocycles. The van der Waals surface area contributed by atoms with Gasteiger partial charge in [0.15, 0.2) is 11.5 Å². The third-order valence-electron chi connectivity index (χ3n) is 3.40. The number of hydrogen-bond donors (Lipinski definition) is 1. The minimum absolute atomic E-state index is 0.00212. The smallest absolute Gasteiger partial charge is 0.228 e. The van der Waals surface area contributed by atoms with Crippen molar-refractivity contribution in [1.82, 2.24) is 0 Å². The zero-order valence-electron chi connectivity index (χ0n) is 13.1. The highest BCUT2D eigenvalue weighted by Crippen LogP contribution is 2.30. The van der Waals surface area contributed by atoms with E-state index in [0.717, 1.165) is 23.8 Å². The lowest BCUT2D eigenvalue weighted by Crippen LogP contribution is -2.16. The van der Waals surface area contributed by atoms with Crippen LogP contribution in [0.2, 0.25) is 0 Å². The zero-order chi connectivity index (χ0) is 17.0. The van der Waals surface area contributed by atoms with Gasteiger partial charge in [-0.15, -0.1) is 0 Å². The number of ether oxygens (including phenoxy) is 2. The molecule has 0 aliphatic heterocycles. The van der Waals surface area contributed by atoms with E-state index in [4.69, 9.17) is 9.47 Å². The van der Waals surface area contributed by atoms with Crippen molar-refractivity contribution >= 4 is 11.6 Å². The average Bonchev–Trinajstić information content (AvgIpc) is 2.52. The van der Waals surface area contributed by atoms with Crippen LogP contribution in [-0.4, -0.2) is 20.1 Å². The van der Waals surface area contributed by atoms with E-state index in [1.54, 1.807) is 12.1 Å². The summed E-state index contributed by atoms with van der Waals surface area (Å²) < 4.78 is 37.1. The summed E-state index contributed by atoms with van der Waals surface area (Å²) in [5.74, 6) is -0.708. The number of carbonyl (C=O) groups excluding carboxylic acids is 1. The number of aryl methyl sites for hydroxylation is 1. The predicted octanol–water partition coefficient (Wildman–Crippen LogP) is 3.47. The molecule has 0 aliphatic rings.